The van der Waals surface area contributed by atoms with E-state index in [9.17, 15) is 19.8 Å². The number of benzene rings is 3. The molecule has 5 heteroatoms. The Kier molecular flexibility index (Phi) is 9.60. The Bertz CT molecular complexity index is 1400. The first kappa shape index (κ1) is 33.6. The summed E-state index contributed by atoms with van der Waals surface area (Å²) in [6, 6.07) is 16.3. The van der Waals surface area contributed by atoms with Crippen molar-refractivity contribution >= 4 is 11.9 Å². The van der Waals surface area contributed by atoms with Gasteiger partial charge in [0, 0.05) is 16.7 Å². The number of hydrogen-bond acceptors (Lipinski definition) is 3. The molecule has 0 saturated heterocycles. The third-order valence-electron chi connectivity index (χ3n) is 7.07. The monoisotopic (exact) mass is 560 g/mol. The van der Waals surface area contributed by atoms with Crippen LogP contribution >= 0.6 is 0 Å². The van der Waals surface area contributed by atoms with E-state index in [1.54, 1.807) is 36.4 Å². The van der Waals surface area contributed by atoms with E-state index in [1.807, 2.05) is 47.6 Å². The van der Waals surface area contributed by atoms with Crippen LogP contribution in [0.15, 0.2) is 54.6 Å². The maximum absolute atomic E-state index is 12.6. The minimum Gasteiger partial charge on any atom is -0.507 e. The highest BCUT2D eigenvalue weighted by molar-refractivity contribution is 5.99. The van der Waals surface area contributed by atoms with Gasteiger partial charge in [-0.25, -0.2) is 9.59 Å². The van der Waals surface area contributed by atoms with Crippen LogP contribution in [0.3, 0.4) is 0 Å². The van der Waals surface area contributed by atoms with Crippen molar-refractivity contribution in [1.29, 1.82) is 0 Å². The van der Waals surface area contributed by atoms with Crippen molar-refractivity contribution in [2.75, 3.05) is 0 Å². The summed E-state index contributed by atoms with van der Waals surface area (Å²) in [6.07, 6.45) is 0. The first-order valence-electron chi connectivity index (χ1n) is 14.1. The summed E-state index contributed by atoms with van der Waals surface area (Å²) in [7, 11) is 0. The fourth-order valence-corrected chi connectivity index (χ4v) is 4.85. The highest BCUT2D eigenvalue weighted by Crippen LogP contribution is 2.48. The smallest absolute Gasteiger partial charge is 0.336 e. The van der Waals surface area contributed by atoms with Crippen molar-refractivity contribution < 1.29 is 24.9 Å². The summed E-state index contributed by atoms with van der Waals surface area (Å²) in [5.74, 6) is -1.66. The van der Waals surface area contributed by atoms with E-state index in [2.05, 4.69) is 53.7 Å². The molecule has 0 fully saturated rings. The quantitative estimate of drug-likeness (QED) is 0.297. The molecule has 0 saturated carbocycles. The highest BCUT2D eigenvalue weighted by Gasteiger charge is 2.35. The molecule has 222 valence electrons. The van der Waals surface area contributed by atoms with Crippen LogP contribution in [0.2, 0.25) is 0 Å². The molecule has 0 bridgehead atoms. The second-order valence-electron chi connectivity index (χ2n) is 14.8. The first-order chi connectivity index (χ1) is 18.5. The van der Waals surface area contributed by atoms with Crippen molar-refractivity contribution in [3.8, 4) is 16.9 Å². The summed E-state index contributed by atoms with van der Waals surface area (Å²) in [4.78, 5) is 22.8. The molecule has 3 aromatic carbocycles. The number of carboxylic acid groups (broad SMARTS) is 2. The fraction of sp³-hybridized carbons (Fsp3) is 0.444. The summed E-state index contributed by atoms with van der Waals surface area (Å²) < 4.78 is 0. The van der Waals surface area contributed by atoms with Crippen molar-refractivity contribution in [3.63, 3.8) is 0 Å². The van der Waals surface area contributed by atoms with Gasteiger partial charge in [0.05, 0.1) is 11.1 Å². The number of hydrogen-bond donors (Lipinski definition) is 3. The Hall–Kier alpha value is -3.60. The van der Waals surface area contributed by atoms with E-state index >= 15 is 0 Å². The molecule has 0 amide bonds. The van der Waals surface area contributed by atoms with Gasteiger partial charge in [0.15, 0.2) is 0 Å². The maximum Gasteiger partial charge on any atom is 0.336 e. The van der Waals surface area contributed by atoms with Gasteiger partial charge in [-0.15, -0.1) is 0 Å². The lowest BCUT2D eigenvalue weighted by Crippen LogP contribution is -2.23. The van der Waals surface area contributed by atoms with E-state index in [0.717, 1.165) is 11.1 Å². The molecular formula is C36H48O5. The molecule has 0 aliphatic carbocycles. The second-order valence-corrected chi connectivity index (χ2v) is 14.8. The predicted molar refractivity (Wildman–Crippen MR) is 169 cm³/mol. The van der Waals surface area contributed by atoms with Crippen molar-refractivity contribution in [1.82, 2.24) is 0 Å². The molecule has 0 heterocycles. The van der Waals surface area contributed by atoms with E-state index in [-0.39, 0.29) is 22.1 Å². The molecule has 41 heavy (non-hydrogen) atoms. The van der Waals surface area contributed by atoms with E-state index < -0.39 is 22.8 Å². The van der Waals surface area contributed by atoms with Crippen LogP contribution in [0, 0.1) is 0 Å². The van der Waals surface area contributed by atoms with Crippen LogP contribution < -0.4 is 0 Å². The summed E-state index contributed by atoms with van der Waals surface area (Å²) in [5, 5.41) is 30.2. The largest absolute Gasteiger partial charge is 0.507 e. The molecule has 0 aliphatic rings. The third kappa shape index (κ3) is 8.00. The Morgan fingerprint density at radius 2 is 1.10 bits per heavy atom. The fourth-order valence-electron chi connectivity index (χ4n) is 4.85. The standard InChI is InChI=1S/C29H42O3.C7H6O2/c1-26(2,3)17-13-14-18(20(15-17)27(4,5)6)22-19(25(31)32)16-21(28(7,8)9)24(30)23(22)29(10,11)12;8-7(9)6-4-2-1-3-5-6/h13-16,30H,1-12H3,(H,31,32);1-5H,(H,8,9). The average Bonchev–Trinajstić information content (AvgIpc) is 2.81. The van der Waals surface area contributed by atoms with E-state index in [0.29, 0.717) is 22.3 Å². The summed E-state index contributed by atoms with van der Waals surface area (Å²) in [6.45, 7) is 25.1. The number of aromatic carboxylic acids is 2. The zero-order chi connectivity index (χ0) is 31.7. The Morgan fingerprint density at radius 1 is 0.585 bits per heavy atom. The number of aromatic hydroxyl groups is 1. The average molecular weight is 561 g/mol. The summed E-state index contributed by atoms with van der Waals surface area (Å²) in [5.41, 5.74) is 4.63. The van der Waals surface area contributed by atoms with Crippen LogP contribution in [-0.2, 0) is 21.7 Å². The molecule has 3 rings (SSSR count). The molecule has 0 aliphatic heterocycles. The summed E-state index contributed by atoms with van der Waals surface area (Å²) >= 11 is 0. The van der Waals surface area contributed by atoms with Crippen molar-refractivity contribution in [3.05, 3.63) is 88.0 Å². The minimum atomic E-state index is -0.976. The molecule has 0 atom stereocenters. The lowest BCUT2D eigenvalue weighted by atomic mass is 9.71. The van der Waals surface area contributed by atoms with Crippen LogP contribution in [0.1, 0.15) is 126 Å². The first-order valence-corrected chi connectivity index (χ1v) is 14.1. The molecule has 0 radical (unpaired) electrons. The Labute approximate surface area is 246 Å². The minimum absolute atomic E-state index is 0.0285. The molecule has 3 aromatic rings. The van der Waals surface area contributed by atoms with Gasteiger partial charge in [-0.1, -0.05) is 119 Å². The Morgan fingerprint density at radius 3 is 1.46 bits per heavy atom. The SMILES string of the molecule is CC(C)(C)c1ccc(-c2c(C(=O)O)cc(C(C)(C)C)c(O)c2C(C)(C)C)c(C(C)(C)C)c1.O=C(O)c1ccccc1. The highest BCUT2D eigenvalue weighted by atomic mass is 16.4. The van der Waals surface area contributed by atoms with Crippen LogP contribution in [0.5, 0.6) is 5.75 Å². The van der Waals surface area contributed by atoms with Crippen LogP contribution in [0.4, 0.5) is 0 Å². The normalized spacial score (nSPS) is 12.4. The van der Waals surface area contributed by atoms with E-state index in [1.165, 1.54) is 5.56 Å². The van der Waals surface area contributed by atoms with Gasteiger partial charge in [0.1, 0.15) is 5.75 Å². The number of phenols is 1. The van der Waals surface area contributed by atoms with Gasteiger partial charge < -0.3 is 15.3 Å². The lowest BCUT2D eigenvalue weighted by Gasteiger charge is -2.33. The molecule has 0 aromatic heterocycles. The predicted octanol–water partition coefficient (Wildman–Crippen LogP) is 9.33. The molecule has 3 N–H and O–H groups in total. The third-order valence-corrected chi connectivity index (χ3v) is 7.07. The van der Waals surface area contributed by atoms with Gasteiger partial charge in [0.25, 0.3) is 0 Å². The Balaban J connectivity index is 0.000000553. The zero-order valence-electron chi connectivity index (χ0n) is 26.9. The van der Waals surface area contributed by atoms with Gasteiger partial charge in [-0.2, -0.15) is 0 Å². The number of carboxylic acids is 2. The van der Waals surface area contributed by atoms with E-state index in [4.69, 9.17) is 5.11 Å². The number of carbonyl (C=O) groups is 2. The lowest BCUT2D eigenvalue weighted by molar-refractivity contribution is 0.0686. The number of phenolic OH excluding ortho intramolecular Hbond substituents is 1. The molecule has 0 unspecified atom stereocenters. The van der Waals surface area contributed by atoms with Gasteiger partial charge in [-0.05, 0) is 56.5 Å². The molecular weight excluding hydrogens is 512 g/mol. The maximum atomic E-state index is 12.6. The molecule has 5 nitrogen and oxygen atoms in total. The van der Waals surface area contributed by atoms with Crippen LogP contribution in [-0.4, -0.2) is 27.3 Å². The van der Waals surface area contributed by atoms with Gasteiger partial charge >= 0.3 is 11.9 Å². The van der Waals surface area contributed by atoms with Gasteiger partial charge in [-0.3, -0.25) is 0 Å². The van der Waals surface area contributed by atoms with Crippen molar-refractivity contribution in [2.45, 2.75) is 105 Å². The number of rotatable bonds is 3. The van der Waals surface area contributed by atoms with Gasteiger partial charge in [0.2, 0.25) is 0 Å². The van der Waals surface area contributed by atoms with Crippen molar-refractivity contribution in [2.24, 2.45) is 0 Å². The second kappa shape index (κ2) is 11.7. The zero-order valence-corrected chi connectivity index (χ0v) is 26.9. The van der Waals surface area contributed by atoms with Crippen LogP contribution in [0.25, 0.3) is 11.1 Å². The molecule has 0 spiro atoms. The topological polar surface area (TPSA) is 94.8 Å².